The number of aromatic nitrogens is 1. The van der Waals surface area contributed by atoms with E-state index in [0.29, 0.717) is 4.47 Å². The summed E-state index contributed by atoms with van der Waals surface area (Å²) in [6, 6.07) is 2.45. The van der Waals surface area contributed by atoms with Crippen LogP contribution in [0.2, 0.25) is 0 Å². The summed E-state index contributed by atoms with van der Waals surface area (Å²) in [7, 11) is 0. The van der Waals surface area contributed by atoms with Crippen LogP contribution in [0.4, 0.5) is 8.78 Å². The molecule has 0 aliphatic rings. The van der Waals surface area contributed by atoms with E-state index in [1.165, 1.54) is 19.2 Å². The molecule has 0 atom stereocenters. The van der Waals surface area contributed by atoms with Gasteiger partial charge in [0.05, 0.1) is 6.61 Å². The number of hydrogen-bond donors (Lipinski definition) is 0. The summed E-state index contributed by atoms with van der Waals surface area (Å²) in [5.74, 6) is -5.28. The lowest BCUT2D eigenvalue weighted by Crippen LogP contribution is -2.29. The highest BCUT2D eigenvalue weighted by atomic mass is 79.9. The molecule has 0 radical (unpaired) electrons. The highest BCUT2D eigenvalue weighted by molar-refractivity contribution is 9.11. The molecule has 0 unspecified atom stereocenters. The van der Waals surface area contributed by atoms with Crippen LogP contribution in [0.15, 0.2) is 46.0 Å². The third-order valence-electron chi connectivity index (χ3n) is 1.93. The molecule has 0 saturated heterocycles. The standard InChI is InChI=1S/C9H8BrF2NO2.C5H7Br/c1-2-15-8(14)9(11,12)7-4-3-6(10)5-13-7;1-3-4-5(2)6/h3-5H,2H2,1H3;3-4H,2H2,1H3/b;4-3-. The molecule has 1 rings (SSSR count). The minimum Gasteiger partial charge on any atom is -0.461 e. The minimum atomic E-state index is -3.70. The average Bonchev–Trinajstić information content (AvgIpc) is 2.40. The van der Waals surface area contributed by atoms with Gasteiger partial charge in [-0.2, -0.15) is 8.78 Å². The van der Waals surface area contributed by atoms with E-state index in [2.05, 4.69) is 48.2 Å². The Bertz CT molecular complexity index is 502. The summed E-state index contributed by atoms with van der Waals surface area (Å²) < 4.78 is 32.4. The van der Waals surface area contributed by atoms with Crippen molar-refractivity contribution in [1.29, 1.82) is 0 Å². The number of rotatable bonds is 4. The van der Waals surface area contributed by atoms with Gasteiger partial charge in [-0.1, -0.05) is 34.7 Å². The van der Waals surface area contributed by atoms with Gasteiger partial charge in [0.25, 0.3) is 0 Å². The molecule has 1 heterocycles. The molecule has 116 valence electrons. The lowest BCUT2D eigenvalue weighted by Gasteiger charge is -2.13. The van der Waals surface area contributed by atoms with E-state index in [4.69, 9.17) is 0 Å². The average molecular weight is 427 g/mol. The zero-order valence-electron chi connectivity index (χ0n) is 11.6. The number of ether oxygens (including phenoxy) is 1. The molecular weight excluding hydrogens is 412 g/mol. The fraction of sp³-hybridized carbons (Fsp3) is 0.286. The van der Waals surface area contributed by atoms with Crippen molar-refractivity contribution in [3.63, 3.8) is 0 Å². The summed E-state index contributed by atoms with van der Waals surface area (Å²) in [4.78, 5) is 14.4. The third-order valence-corrected chi connectivity index (χ3v) is 2.66. The molecule has 0 spiro atoms. The Hall–Kier alpha value is -1.08. The molecule has 0 amide bonds. The van der Waals surface area contributed by atoms with E-state index in [9.17, 15) is 13.6 Å². The van der Waals surface area contributed by atoms with Gasteiger partial charge in [-0.15, -0.1) is 0 Å². The second-order valence-electron chi connectivity index (χ2n) is 3.60. The number of halogens is 4. The molecule has 0 saturated carbocycles. The maximum Gasteiger partial charge on any atom is 0.384 e. The van der Waals surface area contributed by atoms with Crippen molar-refractivity contribution in [3.8, 4) is 0 Å². The van der Waals surface area contributed by atoms with E-state index in [1.807, 2.05) is 19.1 Å². The number of nitrogens with zero attached hydrogens (tertiary/aromatic N) is 1. The molecular formula is C14H15Br2F2NO2. The van der Waals surface area contributed by atoms with Gasteiger partial charge in [0.15, 0.2) is 0 Å². The maximum absolute atomic E-state index is 13.3. The summed E-state index contributed by atoms with van der Waals surface area (Å²) >= 11 is 6.21. The van der Waals surface area contributed by atoms with Crippen LogP contribution in [-0.2, 0) is 15.5 Å². The summed E-state index contributed by atoms with van der Waals surface area (Å²) in [6.45, 7) is 6.89. The van der Waals surface area contributed by atoms with Crippen molar-refractivity contribution in [2.24, 2.45) is 0 Å². The van der Waals surface area contributed by atoms with Crippen LogP contribution in [-0.4, -0.2) is 17.6 Å². The molecule has 1 aromatic heterocycles. The minimum absolute atomic E-state index is 0.0923. The van der Waals surface area contributed by atoms with Crippen LogP contribution >= 0.6 is 31.9 Å². The first-order valence-electron chi connectivity index (χ1n) is 5.89. The molecule has 7 heteroatoms. The van der Waals surface area contributed by atoms with Crippen LogP contribution in [0, 0.1) is 0 Å². The largest absolute Gasteiger partial charge is 0.461 e. The number of esters is 1. The van der Waals surface area contributed by atoms with Crippen molar-refractivity contribution < 1.29 is 18.3 Å². The quantitative estimate of drug-likeness (QED) is 0.504. The van der Waals surface area contributed by atoms with Gasteiger partial charge in [-0.3, -0.25) is 4.98 Å². The van der Waals surface area contributed by atoms with Gasteiger partial charge >= 0.3 is 11.9 Å². The molecule has 0 aliphatic carbocycles. The number of carbonyl (C=O) groups excluding carboxylic acids is 1. The highest BCUT2D eigenvalue weighted by Gasteiger charge is 2.44. The van der Waals surface area contributed by atoms with Crippen molar-refractivity contribution in [3.05, 3.63) is 51.7 Å². The van der Waals surface area contributed by atoms with Crippen LogP contribution in [0.25, 0.3) is 0 Å². The topological polar surface area (TPSA) is 39.2 Å². The molecule has 0 bridgehead atoms. The highest BCUT2D eigenvalue weighted by Crippen LogP contribution is 2.28. The van der Waals surface area contributed by atoms with Crippen molar-refractivity contribution in [2.75, 3.05) is 6.61 Å². The number of pyridine rings is 1. The van der Waals surface area contributed by atoms with Crippen LogP contribution in [0.3, 0.4) is 0 Å². The fourth-order valence-corrected chi connectivity index (χ4v) is 1.57. The van der Waals surface area contributed by atoms with Crippen LogP contribution in [0.1, 0.15) is 19.5 Å². The van der Waals surface area contributed by atoms with Gasteiger partial charge < -0.3 is 4.74 Å². The monoisotopic (exact) mass is 425 g/mol. The summed E-state index contributed by atoms with van der Waals surface area (Å²) in [6.07, 6.45) is 5.01. The predicted octanol–water partition coefficient (Wildman–Crippen LogP) is 4.97. The summed E-state index contributed by atoms with van der Waals surface area (Å²) in [5.41, 5.74) is -0.621. The lowest BCUT2D eigenvalue weighted by molar-refractivity contribution is -0.173. The van der Waals surface area contributed by atoms with Gasteiger partial charge in [-0.05, 0) is 41.9 Å². The zero-order valence-corrected chi connectivity index (χ0v) is 14.7. The number of carbonyl (C=O) groups is 1. The Labute approximate surface area is 139 Å². The Balaban J connectivity index is 0.000000567. The third kappa shape index (κ3) is 7.47. The molecule has 0 aromatic carbocycles. The van der Waals surface area contributed by atoms with Gasteiger partial charge in [0.1, 0.15) is 5.69 Å². The van der Waals surface area contributed by atoms with Gasteiger partial charge in [-0.25, -0.2) is 4.79 Å². The van der Waals surface area contributed by atoms with E-state index >= 15 is 0 Å². The molecule has 0 aliphatic heterocycles. The van der Waals surface area contributed by atoms with Gasteiger partial charge in [0, 0.05) is 15.2 Å². The van der Waals surface area contributed by atoms with E-state index in [0.717, 1.165) is 10.5 Å². The SMILES string of the molecule is C=C(Br)/C=C\C.CCOC(=O)C(F)(F)c1ccc(Br)cn1. The number of allylic oxidation sites excluding steroid dienone is 3. The Morgan fingerprint density at radius 3 is 2.48 bits per heavy atom. The van der Waals surface area contributed by atoms with E-state index in [1.54, 1.807) is 0 Å². The Kier molecular flexibility index (Phi) is 9.28. The lowest BCUT2D eigenvalue weighted by atomic mass is 10.2. The normalized spacial score (nSPS) is 10.8. The first-order chi connectivity index (χ1) is 9.75. The molecule has 0 N–H and O–H groups in total. The maximum atomic E-state index is 13.3. The van der Waals surface area contributed by atoms with Crippen molar-refractivity contribution in [2.45, 2.75) is 19.8 Å². The number of hydrogen-bond acceptors (Lipinski definition) is 3. The van der Waals surface area contributed by atoms with Crippen LogP contribution < -0.4 is 0 Å². The smallest absolute Gasteiger partial charge is 0.384 e. The second kappa shape index (κ2) is 9.78. The summed E-state index contributed by atoms with van der Waals surface area (Å²) in [5, 5.41) is 0. The molecule has 21 heavy (non-hydrogen) atoms. The fourth-order valence-electron chi connectivity index (χ4n) is 1.07. The molecule has 0 fully saturated rings. The predicted molar refractivity (Wildman–Crippen MR) is 85.3 cm³/mol. The van der Waals surface area contributed by atoms with Crippen LogP contribution in [0.5, 0.6) is 0 Å². The van der Waals surface area contributed by atoms with Crippen molar-refractivity contribution >= 4 is 37.8 Å². The van der Waals surface area contributed by atoms with E-state index < -0.39 is 17.6 Å². The first-order valence-corrected chi connectivity index (χ1v) is 7.48. The Morgan fingerprint density at radius 1 is 1.52 bits per heavy atom. The van der Waals surface area contributed by atoms with E-state index in [-0.39, 0.29) is 6.61 Å². The zero-order chi connectivity index (χ0) is 16.5. The van der Waals surface area contributed by atoms with Crippen molar-refractivity contribution in [1.82, 2.24) is 4.98 Å². The second-order valence-corrected chi connectivity index (χ2v) is 5.54. The number of alkyl halides is 2. The molecule has 1 aromatic rings. The molecule has 3 nitrogen and oxygen atoms in total. The first kappa shape index (κ1) is 19.9. The van der Waals surface area contributed by atoms with Gasteiger partial charge in [0.2, 0.25) is 0 Å². The Morgan fingerprint density at radius 2 is 2.14 bits per heavy atom.